The summed E-state index contributed by atoms with van der Waals surface area (Å²) >= 11 is 0. The van der Waals surface area contributed by atoms with Gasteiger partial charge in [-0.25, -0.2) is 0 Å². The Morgan fingerprint density at radius 1 is 1.07 bits per heavy atom. The molecule has 0 atom stereocenters. The summed E-state index contributed by atoms with van der Waals surface area (Å²) in [5, 5.41) is 2.37. The normalized spacial score (nSPS) is 11.4. The average Bonchev–Trinajstić information content (AvgIpc) is 2.64. The number of para-hydroxylation sites is 2. The molecule has 1 N–H and O–H groups in total. The van der Waals surface area contributed by atoms with E-state index in [1.807, 2.05) is 42.2 Å². The van der Waals surface area contributed by atoms with Gasteiger partial charge in [-0.3, -0.25) is 9.69 Å². The van der Waals surface area contributed by atoms with Crippen molar-refractivity contribution >= 4 is 11.6 Å². The number of hydrogen-bond acceptors (Lipinski definition) is 3. The molecular weight excluding hydrogens is 357 g/mol. The highest BCUT2D eigenvalue weighted by Crippen LogP contribution is 2.34. The Morgan fingerprint density at radius 2 is 1.74 bits per heavy atom. The fourth-order valence-electron chi connectivity index (χ4n) is 2.58. The maximum Gasteiger partial charge on any atom is 0.418 e. The van der Waals surface area contributed by atoms with E-state index in [0.29, 0.717) is 26.1 Å². The van der Waals surface area contributed by atoms with E-state index in [4.69, 9.17) is 4.74 Å². The number of rotatable bonds is 9. The molecule has 0 saturated carbocycles. The number of likely N-dealkylation sites (N-methyl/N-ethyl adjacent to an activating group) is 1. The Morgan fingerprint density at radius 3 is 2.41 bits per heavy atom. The van der Waals surface area contributed by atoms with Gasteiger partial charge < -0.3 is 10.1 Å². The van der Waals surface area contributed by atoms with E-state index in [0.717, 1.165) is 11.8 Å². The van der Waals surface area contributed by atoms with E-state index in [-0.39, 0.29) is 12.2 Å². The van der Waals surface area contributed by atoms with Crippen molar-refractivity contribution in [3.05, 3.63) is 60.2 Å². The number of benzene rings is 2. The van der Waals surface area contributed by atoms with Gasteiger partial charge in [0.05, 0.1) is 24.4 Å². The SMILES string of the molecule is CCN(CCCOc1ccccc1)CC(=O)Nc1ccccc1C(F)(F)F. The van der Waals surface area contributed by atoms with Crippen LogP contribution < -0.4 is 10.1 Å². The molecule has 0 radical (unpaired) electrons. The van der Waals surface area contributed by atoms with Crippen LogP contribution in [0, 0.1) is 0 Å². The van der Waals surface area contributed by atoms with Crippen LogP contribution in [0.1, 0.15) is 18.9 Å². The standard InChI is InChI=1S/C20H23F3N2O2/c1-2-25(13-8-14-27-16-9-4-3-5-10-16)15-19(26)24-18-12-7-6-11-17(18)20(21,22)23/h3-7,9-12H,2,8,13-15H2,1H3,(H,24,26). The van der Waals surface area contributed by atoms with Crippen molar-refractivity contribution in [2.24, 2.45) is 0 Å². The number of ether oxygens (including phenoxy) is 1. The van der Waals surface area contributed by atoms with Crippen LogP contribution in [-0.2, 0) is 11.0 Å². The van der Waals surface area contributed by atoms with Gasteiger partial charge in [-0.1, -0.05) is 37.3 Å². The van der Waals surface area contributed by atoms with Gasteiger partial charge in [-0.15, -0.1) is 0 Å². The molecule has 4 nitrogen and oxygen atoms in total. The highest BCUT2D eigenvalue weighted by Gasteiger charge is 2.33. The fraction of sp³-hybridized carbons (Fsp3) is 0.350. The molecule has 0 bridgehead atoms. The lowest BCUT2D eigenvalue weighted by molar-refractivity contribution is -0.137. The highest BCUT2D eigenvalue weighted by atomic mass is 19.4. The largest absolute Gasteiger partial charge is 0.494 e. The van der Waals surface area contributed by atoms with Gasteiger partial charge in [-0.05, 0) is 37.2 Å². The number of alkyl halides is 3. The summed E-state index contributed by atoms with van der Waals surface area (Å²) in [7, 11) is 0. The second-order valence-corrected chi connectivity index (χ2v) is 5.98. The fourth-order valence-corrected chi connectivity index (χ4v) is 2.58. The third kappa shape index (κ3) is 6.94. The molecule has 2 aromatic rings. The number of carbonyl (C=O) groups excluding carboxylic acids is 1. The number of hydrogen-bond donors (Lipinski definition) is 1. The first-order chi connectivity index (χ1) is 12.9. The molecule has 146 valence electrons. The zero-order chi connectivity index (χ0) is 19.7. The van der Waals surface area contributed by atoms with E-state index >= 15 is 0 Å². The molecule has 2 aromatic carbocycles. The maximum absolute atomic E-state index is 13.0. The lowest BCUT2D eigenvalue weighted by Crippen LogP contribution is -2.34. The summed E-state index contributed by atoms with van der Waals surface area (Å²) in [6.45, 7) is 3.64. The van der Waals surface area contributed by atoms with E-state index in [9.17, 15) is 18.0 Å². The molecule has 0 aromatic heterocycles. The summed E-state index contributed by atoms with van der Waals surface area (Å²) in [6, 6.07) is 14.4. The van der Waals surface area contributed by atoms with Crippen molar-refractivity contribution in [3.63, 3.8) is 0 Å². The van der Waals surface area contributed by atoms with Crippen molar-refractivity contribution in [2.45, 2.75) is 19.5 Å². The summed E-state index contributed by atoms with van der Waals surface area (Å²) in [4.78, 5) is 14.0. The molecule has 0 spiro atoms. The van der Waals surface area contributed by atoms with Gasteiger partial charge in [0.1, 0.15) is 5.75 Å². The zero-order valence-corrected chi connectivity index (χ0v) is 15.1. The van der Waals surface area contributed by atoms with Crippen LogP contribution in [0.4, 0.5) is 18.9 Å². The third-order valence-corrected chi connectivity index (χ3v) is 3.95. The molecule has 0 fully saturated rings. The molecular formula is C20H23F3N2O2. The Labute approximate surface area is 156 Å². The molecule has 27 heavy (non-hydrogen) atoms. The number of halogens is 3. The van der Waals surface area contributed by atoms with Crippen molar-refractivity contribution in [2.75, 3.05) is 31.6 Å². The summed E-state index contributed by atoms with van der Waals surface area (Å²) in [6.07, 6.45) is -3.81. The quantitative estimate of drug-likeness (QED) is 0.654. The number of nitrogens with zero attached hydrogens (tertiary/aromatic N) is 1. The third-order valence-electron chi connectivity index (χ3n) is 3.95. The molecule has 1 amide bonds. The number of amides is 1. The maximum atomic E-state index is 13.0. The van der Waals surface area contributed by atoms with Crippen LogP contribution in [0.15, 0.2) is 54.6 Å². The lowest BCUT2D eigenvalue weighted by Gasteiger charge is -2.20. The van der Waals surface area contributed by atoms with Crippen LogP contribution in [0.3, 0.4) is 0 Å². The predicted molar refractivity (Wildman–Crippen MR) is 98.7 cm³/mol. The van der Waals surface area contributed by atoms with Crippen molar-refractivity contribution < 1.29 is 22.7 Å². The first-order valence-electron chi connectivity index (χ1n) is 8.76. The van der Waals surface area contributed by atoms with Gasteiger partial charge in [-0.2, -0.15) is 13.2 Å². The van der Waals surface area contributed by atoms with Gasteiger partial charge >= 0.3 is 6.18 Å². The van der Waals surface area contributed by atoms with Gasteiger partial charge in [0.15, 0.2) is 0 Å². The minimum Gasteiger partial charge on any atom is -0.494 e. The predicted octanol–water partition coefficient (Wildman–Crippen LogP) is 4.43. The van der Waals surface area contributed by atoms with Crippen molar-refractivity contribution in [1.29, 1.82) is 0 Å². The van der Waals surface area contributed by atoms with Crippen LogP contribution in [0.2, 0.25) is 0 Å². The molecule has 7 heteroatoms. The summed E-state index contributed by atoms with van der Waals surface area (Å²) < 4.78 is 44.6. The first kappa shape index (κ1) is 20.8. The molecule has 0 unspecified atom stereocenters. The number of anilines is 1. The Kier molecular flexibility index (Phi) is 7.67. The smallest absolute Gasteiger partial charge is 0.418 e. The molecule has 0 heterocycles. The molecule has 0 saturated heterocycles. The highest BCUT2D eigenvalue weighted by molar-refractivity contribution is 5.93. The van der Waals surface area contributed by atoms with Crippen molar-refractivity contribution in [1.82, 2.24) is 4.90 Å². The van der Waals surface area contributed by atoms with Crippen LogP contribution in [-0.4, -0.2) is 37.0 Å². The average molecular weight is 380 g/mol. The second kappa shape index (κ2) is 9.97. The number of nitrogens with one attached hydrogen (secondary N) is 1. The number of carbonyl (C=O) groups is 1. The lowest BCUT2D eigenvalue weighted by atomic mass is 10.1. The molecule has 2 rings (SSSR count). The second-order valence-electron chi connectivity index (χ2n) is 5.98. The van der Waals surface area contributed by atoms with Crippen molar-refractivity contribution in [3.8, 4) is 5.75 Å². The molecule has 0 aliphatic heterocycles. The minimum atomic E-state index is -4.51. The Bertz CT molecular complexity index is 721. The first-order valence-corrected chi connectivity index (χ1v) is 8.76. The van der Waals surface area contributed by atoms with Crippen LogP contribution in [0.5, 0.6) is 5.75 Å². The summed E-state index contributed by atoms with van der Waals surface area (Å²) in [5.41, 5.74) is -1.07. The molecule has 0 aliphatic carbocycles. The van der Waals surface area contributed by atoms with E-state index in [2.05, 4.69) is 5.32 Å². The van der Waals surface area contributed by atoms with E-state index in [1.165, 1.54) is 18.2 Å². The summed E-state index contributed by atoms with van der Waals surface area (Å²) in [5.74, 6) is 0.305. The Hall–Kier alpha value is -2.54. The van der Waals surface area contributed by atoms with Crippen LogP contribution in [0.25, 0.3) is 0 Å². The van der Waals surface area contributed by atoms with Gasteiger partial charge in [0.25, 0.3) is 0 Å². The van der Waals surface area contributed by atoms with Gasteiger partial charge in [0.2, 0.25) is 5.91 Å². The Balaban J connectivity index is 1.81. The monoisotopic (exact) mass is 380 g/mol. The topological polar surface area (TPSA) is 41.6 Å². The zero-order valence-electron chi connectivity index (χ0n) is 15.1. The van der Waals surface area contributed by atoms with E-state index in [1.54, 1.807) is 0 Å². The van der Waals surface area contributed by atoms with Gasteiger partial charge in [0, 0.05) is 6.54 Å². The minimum absolute atomic E-state index is 0.0219. The van der Waals surface area contributed by atoms with Crippen LogP contribution >= 0.6 is 0 Å². The molecule has 0 aliphatic rings. The van der Waals surface area contributed by atoms with E-state index < -0.39 is 17.6 Å².